The lowest BCUT2D eigenvalue weighted by Gasteiger charge is -2.30. The van der Waals surface area contributed by atoms with Gasteiger partial charge in [0, 0.05) is 18.7 Å². The number of hydrogen-bond acceptors (Lipinski definition) is 2. The third-order valence-electron chi connectivity index (χ3n) is 3.21. The van der Waals surface area contributed by atoms with Crippen LogP contribution in [-0.4, -0.2) is 29.1 Å². The van der Waals surface area contributed by atoms with Crippen LogP contribution in [-0.2, 0) is 11.3 Å². The van der Waals surface area contributed by atoms with Crippen LogP contribution in [0.4, 0.5) is 4.39 Å². The quantitative estimate of drug-likeness (QED) is 0.920. The van der Waals surface area contributed by atoms with Gasteiger partial charge in [-0.3, -0.25) is 9.69 Å². The summed E-state index contributed by atoms with van der Waals surface area (Å²) >= 11 is 0. The van der Waals surface area contributed by atoms with E-state index in [0.29, 0.717) is 18.7 Å². The molecule has 0 spiro atoms. The summed E-state index contributed by atoms with van der Waals surface area (Å²) < 4.78 is 13.5. The second-order valence-corrected chi connectivity index (χ2v) is 4.50. The summed E-state index contributed by atoms with van der Waals surface area (Å²) in [6, 6.07) is 6.65. The van der Waals surface area contributed by atoms with Gasteiger partial charge in [0.1, 0.15) is 5.82 Å². The van der Waals surface area contributed by atoms with E-state index in [1.807, 2.05) is 4.90 Å². The summed E-state index contributed by atoms with van der Waals surface area (Å²) in [6.07, 6.45) is 1.59. The van der Waals surface area contributed by atoms with Gasteiger partial charge in [-0.1, -0.05) is 18.2 Å². The first-order valence-electron chi connectivity index (χ1n) is 5.85. The van der Waals surface area contributed by atoms with Crippen molar-refractivity contribution in [2.24, 2.45) is 5.92 Å². The Kier molecular flexibility index (Phi) is 5.56. The number of aliphatic carboxylic acids is 1. The zero-order valence-electron chi connectivity index (χ0n) is 10.0. The largest absolute Gasteiger partial charge is 0.481 e. The van der Waals surface area contributed by atoms with E-state index in [4.69, 9.17) is 5.11 Å². The van der Waals surface area contributed by atoms with Crippen molar-refractivity contribution in [3.8, 4) is 0 Å². The Bertz CT molecular complexity index is 414. The van der Waals surface area contributed by atoms with Gasteiger partial charge in [0.15, 0.2) is 0 Å². The SMILES string of the molecule is Cl.O=C(O)C1CCCN(Cc2ccccc2F)C1. The predicted octanol–water partition coefficient (Wildman–Crippen LogP) is 2.54. The topological polar surface area (TPSA) is 40.5 Å². The Morgan fingerprint density at radius 1 is 1.44 bits per heavy atom. The summed E-state index contributed by atoms with van der Waals surface area (Å²) in [5, 5.41) is 8.98. The molecule has 0 aliphatic carbocycles. The number of hydrogen-bond donors (Lipinski definition) is 1. The maximum Gasteiger partial charge on any atom is 0.307 e. The van der Waals surface area contributed by atoms with Gasteiger partial charge in [-0.05, 0) is 25.5 Å². The number of halogens is 2. The van der Waals surface area contributed by atoms with Crippen LogP contribution in [0.5, 0.6) is 0 Å². The normalized spacial score (nSPS) is 20.2. The number of piperidine rings is 1. The van der Waals surface area contributed by atoms with Gasteiger partial charge < -0.3 is 5.11 Å². The first-order valence-corrected chi connectivity index (χ1v) is 5.85. The summed E-state index contributed by atoms with van der Waals surface area (Å²) in [6.45, 7) is 1.86. The summed E-state index contributed by atoms with van der Waals surface area (Å²) in [5.41, 5.74) is 0.638. The van der Waals surface area contributed by atoms with Gasteiger partial charge in [-0.2, -0.15) is 0 Å². The molecule has 1 aromatic carbocycles. The Morgan fingerprint density at radius 3 is 2.83 bits per heavy atom. The fourth-order valence-electron chi connectivity index (χ4n) is 2.27. The van der Waals surface area contributed by atoms with Crippen LogP contribution >= 0.6 is 12.4 Å². The summed E-state index contributed by atoms with van der Waals surface area (Å²) in [7, 11) is 0. The molecule has 0 radical (unpaired) electrons. The van der Waals surface area contributed by atoms with Gasteiger partial charge in [0.2, 0.25) is 0 Å². The molecule has 3 nitrogen and oxygen atoms in total. The molecule has 0 saturated carbocycles. The van der Waals surface area contributed by atoms with E-state index in [1.165, 1.54) is 6.07 Å². The van der Waals surface area contributed by atoms with Gasteiger partial charge in [0.05, 0.1) is 5.92 Å². The second-order valence-electron chi connectivity index (χ2n) is 4.50. The molecule has 1 aromatic rings. The molecule has 1 N–H and O–H groups in total. The average Bonchev–Trinajstić information content (AvgIpc) is 2.32. The summed E-state index contributed by atoms with van der Waals surface area (Å²) in [5.74, 6) is -1.27. The predicted molar refractivity (Wildman–Crippen MR) is 69.3 cm³/mol. The highest BCUT2D eigenvalue weighted by Crippen LogP contribution is 2.19. The highest BCUT2D eigenvalue weighted by Gasteiger charge is 2.25. The van der Waals surface area contributed by atoms with Crippen LogP contribution in [0.3, 0.4) is 0 Å². The molecular weight excluding hydrogens is 257 g/mol. The van der Waals surface area contributed by atoms with Crippen LogP contribution in [0.25, 0.3) is 0 Å². The van der Waals surface area contributed by atoms with Crippen LogP contribution in [0.15, 0.2) is 24.3 Å². The molecule has 0 amide bonds. The molecule has 1 unspecified atom stereocenters. The number of carboxylic acid groups (broad SMARTS) is 1. The molecule has 1 atom stereocenters. The summed E-state index contributed by atoms with van der Waals surface area (Å²) in [4.78, 5) is 12.9. The number of likely N-dealkylation sites (tertiary alicyclic amines) is 1. The van der Waals surface area contributed by atoms with Crippen LogP contribution < -0.4 is 0 Å². The lowest BCUT2D eigenvalue weighted by atomic mass is 9.98. The zero-order chi connectivity index (χ0) is 12.3. The molecule has 100 valence electrons. The Labute approximate surface area is 112 Å². The van der Waals surface area contributed by atoms with Crippen molar-refractivity contribution in [2.45, 2.75) is 19.4 Å². The van der Waals surface area contributed by atoms with Gasteiger partial charge in [-0.15, -0.1) is 12.4 Å². The molecule has 1 aliphatic heterocycles. The molecule has 18 heavy (non-hydrogen) atoms. The Hall–Kier alpha value is -1.13. The van der Waals surface area contributed by atoms with Crippen molar-refractivity contribution in [3.05, 3.63) is 35.6 Å². The lowest BCUT2D eigenvalue weighted by Crippen LogP contribution is -2.38. The standard InChI is InChI=1S/C13H16FNO2.ClH/c14-12-6-2-1-4-10(12)8-15-7-3-5-11(9-15)13(16)17;/h1-2,4,6,11H,3,5,7-9H2,(H,16,17);1H. The van der Waals surface area contributed by atoms with Gasteiger partial charge in [-0.25, -0.2) is 4.39 Å². The van der Waals surface area contributed by atoms with Crippen LogP contribution in [0, 0.1) is 11.7 Å². The van der Waals surface area contributed by atoms with E-state index in [0.717, 1.165) is 19.4 Å². The van der Waals surface area contributed by atoms with Crippen molar-refractivity contribution in [3.63, 3.8) is 0 Å². The van der Waals surface area contributed by atoms with Crippen molar-refractivity contribution in [1.29, 1.82) is 0 Å². The molecule has 1 aliphatic rings. The van der Waals surface area contributed by atoms with E-state index in [1.54, 1.807) is 18.2 Å². The zero-order valence-corrected chi connectivity index (χ0v) is 10.8. The molecule has 1 saturated heterocycles. The van der Waals surface area contributed by atoms with E-state index in [2.05, 4.69) is 0 Å². The first kappa shape index (κ1) is 14.9. The number of benzene rings is 1. The van der Waals surface area contributed by atoms with Crippen molar-refractivity contribution in [2.75, 3.05) is 13.1 Å². The Balaban J connectivity index is 0.00000162. The number of rotatable bonds is 3. The lowest BCUT2D eigenvalue weighted by molar-refractivity contribution is -0.143. The molecule has 0 bridgehead atoms. The van der Waals surface area contributed by atoms with Crippen molar-refractivity contribution < 1.29 is 14.3 Å². The van der Waals surface area contributed by atoms with E-state index >= 15 is 0 Å². The number of nitrogens with zero attached hydrogens (tertiary/aromatic N) is 1. The van der Waals surface area contributed by atoms with Gasteiger partial charge >= 0.3 is 5.97 Å². The first-order chi connectivity index (χ1) is 8.16. The second kappa shape index (κ2) is 6.71. The number of carbonyl (C=O) groups is 1. The highest BCUT2D eigenvalue weighted by atomic mass is 35.5. The fourth-order valence-corrected chi connectivity index (χ4v) is 2.27. The minimum Gasteiger partial charge on any atom is -0.481 e. The van der Waals surface area contributed by atoms with Crippen molar-refractivity contribution in [1.82, 2.24) is 4.90 Å². The molecule has 0 aromatic heterocycles. The van der Waals surface area contributed by atoms with Crippen molar-refractivity contribution >= 4 is 18.4 Å². The highest BCUT2D eigenvalue weighted by molar-refractivity contribution is 5.85. The van der Waals surface area contributed by atoms with Crippen LogP contribution in [0.1, 0.15) is 18.4 Å². The van der Waals surface area contributed by atoms with Gasteiger partial charge in [0.25, 0.3) is 0 Å². The maximum atomic E-state index is 13.5. The maximum absolute atomic E-state index is 13.5. The third-order valence-corrected chi connectivity index (χ3v) is 3.21. The average molecular weight is 274 g/mol. The minimum absolute atomic E-state index is 0. The molecule has 1 fully saturated rings. The minimum atomic E-state index is -0.747. The fraction of sp³-hybridized carbons (Fsp3) is 0.462. The Morgan fingerprint density at radius 2 is 2.17 bits per heavy atom. The van der Waals surface area contributed by atoms with Crippen LogP contribution in [0.2, 0.25) is 0 Å². The molecule has 5 heteroatoms. The molecular formula is C13H17ClFNO2. The van der Waals surface area contributed by atoms with E-state index in [-0.39, 0.29) is 24.1 Å². The smallest absolute Gasteiger partial charge is 0.307 e. The number of carboxylic acids is 1. The monoisotopic (exact) mass is 273 g/mol. The molecule has 1 heterocycles. The third kappa shape index (κ3) is 3.68. The molecule has 2 rings (SSSR count). The van der Waals surface area contributed by atoms with E-state index < -0.39 is 5.97 Å². The van der Waals surface area contributed by atoms with E-state index in [9.17, 15) is 9.18 Å².